The third-order valence-corrected chi connectivity index (χ3v) is 6.02. The number of nitrogens with zero attached hydrogens (tertiary/aromatic N) is 4. The lowest BCUT2D eigenvalue weighted by Gasteiger charge is -2.24. The van der Waals surface area contributed by atoms with E-state index in [4.69, 9.17) is 21.3 Å². The molecule has 2 aliphatic rings. The molecule has 2 heterocycles. The lowest BCUT2D eigenvalue weighted by Crippen LogP contribution is -2.32. The smallest absolute Gasteiger partial charge is 0.280 e. The van der Waals surface area contributed by atoms with Crippen LogP contribution in [0.2, 0.25) is 0 Å². The number of nitrogens with two attached hydrogens (primary N) is 2. The summed E-state index contributed by atoms with van der Waals surface area (Å²) in [5.41, 5.74) is 8.59. The van der Waals surface area contributed by atoms with Crippen LogP contribution in [0, 0.1) is 0 Å². The number of nitrogens with one attached hydrogen (secondary N) is 1. The van der Waals surface area contributed by atoms with Gasteiger partial charge >= 0.3 is 0 Å². The number of ether oxygens (including phenoxy) is 1. The van der Waals surface area contributed by atoms with Gasteiger partial charge in [-0.05, 0) is 56.7 Å². The van der Waals surface area contributed by atoms with Crippen LogP contribution < -0.4 is 21.6 Å². The van der Waals surface area contributed by atoms with E-state index in [9.17, 15) is 8.78 Å². The number of hydrogen-bond acceptors (Lipinski definition) is 8. The van der Waals surface area contributed by atoms with Gasteiger partial charge in [0.05, 0.1) is 35.4 Å². The molecule has 0 aliphatic heterocycles. The van der Waals surface area contributed by atoms with Crippen LogP contribution in [0.25, 0.3) is 5.70 Å². The second-order valence-corrected chi connectivity index (χ2v) is 8.66. The Labute approximate surface area is 192 Å². The van der Waals surface area contributed by atoms with Crippen molar-refractivity contribution in [1.82, 2.24) is 20.0 Å². The fraction of sp³-hybridized carbons (Fsp3) is 0.522. The van der Waals surface area contributed by atoms with Crippen LogP contribution in [-0.4, -0.2) is 39.7 Å². The Morgan fingerprint density at radius 2 is 1.91 bits per heavy atom. The van der Waals surface area contributed by atoms with Crippen LogP contribution in [0.1, 0.15) is 74.4 Å². The van der Waals surface area contributed by atoms with Gasteiger partial charge in [-0.3, -0.25) is 0 Å². The summed E-state index contributed by atoms with van der Waals surface area (Å²) in [4.78, 5) is 12.7. The number of hydrogen-bond donors (Lipinski definition) is 3. The summed E-state index contributed by atoms with van der Waals surface area (Å²) in [6, 6.07) is 4.97. The predicted octanol–water partition coefficient (Wildman–Crippen LogP) is 3.94. The van der Waals surface area contributed by atoms with Gasteiger partial charge in [-0.15, -0.1) is 0 Å². The van der Waals surface area contributed by atoms with Gasteiger partial charge in [-0.25, -0.2) is 29.6 Å². The molecule has 178 valence electrons. The van der Waals surface area contributed by atoms with Crippen LogP contribution in [0.3, 0.4) is 0 Å². The van der Waals surface area contributed by atoms with Crippen molar-refractivity contribution in [2.45, 2.75) is 63.4 Å². The van der Waals surface area contributed by atoms with E-state index in [1.165, 1.54) is 36.5 Å². The van der Waals surface area contributed by atoms with Crippen molar-refractivity contribution in [3.05, 3.63) is 47.2 Å². The van der Waals surface area contributed by atoms with Crippen LogP contribution in [0.15, 0.2) is 30.1 Å². The number of halogens is 2. The summed E-state index contributed by atoms with van der Waals surface area (Å²) in [5.74, 6) is 7.33. The molecular formula is C23H31F2N7O. The number of likely N-dealkylation sites (N-methyl/N-ethyl adjacent to an activating group) is 1. The van der Waals surface area contributed by atoms with Gasteiger partial charge in [-0.1, -0.05) is 6.42 Å². The largest absolute Gasteiger partial charge is 0.489 e. The van der Waals surface area contributed by atoms with Gasteiger partial charge in [0.15, 0.2) is 0 Å². The maximum Gasteiger partial charge on any atom is 0.280 e. The molecule has 0 saturated heterocycles. The summed E-state index contributed by atoms with van der Waals surface area (Å²) in [6.07, 6.45) is 6.86. The third kappa shape index (κ3) is 5.87. The fourth-order valence-electron chi connectivity index (χ4n) is 4.02. The molecule has 0 aromatic carbocycles. The van der Waals surface area contributed by atoms with E-state index in [1.807, 2.05) is 12.1 Å². The minimum absolute atomic E-state index is 0.0720. The molecule has 2 aromatic rings. The van der Waals surface area contributed by atoms with Crippen LogP contribution in [-0.2, 0) is 0 Å². The van der Waals surface area contributed by atoms with E-state index < -0.39 is 6.43 Å². The summed E-state index contributed by atoms with van der Waals surface area (Å²) in [7, 11) is 1.66. The lowest BCUT2D eigenvalue weighted by atomic mass is 9.98. The van der Waals surface area contributed by atoms with Gasteiger partial charge in [0.25, 0.3) is 6.43 Å². The van der Waals surface area contributed by atoms with Gasteiger partial charge < -0.3 is 20.8 Å². The normalized spacial score (nSPS) is 17.6. The molecule has 2 saturated carbocycles. The molecule has 5 N–H and O–H groups in total. The van der Waals surface area contributed by atoms with Gasteiger partial charge in [-0.2, -0.15) is 0 Å². The number of aromatic nitrogens is 3. The number of alkyl halides is 2. The molecule has 0 unspecified atom stereocenters. The minimum atomic E-state index is -2.68. The highest BCUT2D eigenvalue weighted by Crippen LogP contribution is 2.44. The Bertz CT molecular complexity index is 989. The van der Waals surface area contributed by atoms with Gasteiger partial charge in [0.2, 0.25) is 5.95 Å². The second kappa shape index (κ2) is 10.3. The quantitative estimate of drug-likeness (QED) is 0.381. The highest BCUT2D eigenvalue weighted by Gasteiger charge is 2.30. The van der Waals surface area contributed by atoms with Crippen molar-refractivity contribution in [2.75, 3.05) is 18.9 Å². The van der Waals surface area contributed by atoms with Crippen molar-refractivity contribution in [2.24, 2.45) is 11.6 Å². The van der Waals surface area contributed by atoms with E-state index in [0.717, 1.165) is 37.1 Å². The predicted molar refractivity (Wildman–Crippen MR) is 122 cm³/mol. The van der Waals surface area contributed by atoms with Crippen LogP contribution in [0.5, 0.6) is 5.75 Å². The SMILES string of the molecule is CN(N)/C(CNc1nccc(C(F)F)n1)=C(\N)c1ccc(OC2CCCCC2)c(C2CC2)n1. The third-order valence-electron chi connectivity index (χ3n) is 6.02. The fourth-order valence-corrected chi connectivity index (χ4v) is 4.02. The molecule has 2 aliphatic carbocycles. The first kappa shape index (κ1) is 23.2. The lowest BCUT2D eigenvalue weighted by molar-refractivity contribution is 0.146. The van der Waals surface area contributed by atoms with Crippen LogP contribution >= 0.6 is 0 Å². The maximum absolute atomic E-state index is 12.9. The molecule has 0 bridgehead atoms. The Hall–Kier alpha value is -3.01. The summed E-state index contributed by atoms with van der Waals surface area (Å²) >= 11 is 0. The zero-order valence-corrected chi connectivity index (χ0v) is 18.8. The standard InChI is InChI=1S/C23H31F2N7O/c1-32(27)18(13-29-23-28-12-11-17(31-23)22(24)25)20(26)16-9-10-19(21(30-16)14-7-8-14)33-15-5-3-2-4-6-15/h9-12,14-15,22H,2-8,13,26-27H2,1H3,(H,28,29,31)/b20-18-. The molecule has 2 aromatic heterocycles. The average molecular weight is 460 g/mol. The molecule has 0 atom stereocenters. The molecule has 4 rings (SSSR count). The van der Waals surface area contributed by atoms with E-state index in [-0.39, 0.29) is 24.3 Å². The number of hydrazine groups is 1. The average Bonchev–Trinajstić information content (AvgIpc) is 3.65. The van der Waals surface area contributed by atoms with Crippen molar-refractivity contribution >= 4 is 11.6 Å². The highest BCUT2D eigenvalue weighted by atomic mass is 19.3. The molecule has 33 heavy (non-hydrogen) atoms. The van der Waals surface area contributed by atoms with E-state index >= 15 is 0 Å². The van der Waals surface area contributed by atoms with Gasteiger partial charge in [0, 0.05) is 19.2 Å². The molecule has 2 fully saturated rings. The molecular weight excluding hydrogens is 428 g/mol. The molecule has 0 radical (unpaired) electrons. The molecule has 10 heteroatoms. The Kier molecular flexibility index (Phi) is 7.22. The number of pyridine rings is 1. The van der Waals surface area contributed by atoms with Crippen molar-refractivity contribution < 1.29 is 13.5 Å². The summed E-state index contributed by atoms with van der Waals surface area (Å²) < 4.78 is 32.2. The van der Waals surface area contributed by atoms with E-state index in [0.29, 0.717) is 23.0 Å². The van der Waals surface area contributed by atoms with Crippen molar-refractivity contribution in [3.63, 3.8) is 0 Å². The van der Waals surface area contributed by atoms with E-state index in [2.05, 4.69) is 15.3 Å². The monoisotopic (exact) mass is 459 g/mol. The maximum atomic E-state index is 12.9. The second-order valence-electron chi connectivity index (χ2n) is 8.66. The number of rotatable bonds is 9. The van der Waals surface area contributed by atoms with Crippen molar-refractivity contribution in [1.29, 1.82) is 0 Å². The summed E-state index contributed by atoms with van der Waals surface area (Å²) in [6.45, 7) is 0.145. The first-order chi connectivity index (χ1) is 15.9. The zero-order chi connectivity index (χ0) is 23.4. The zero-order valence-electron chi connectivity index (χ0n) is 18.8. The summed E-state index contributed by atoms with van der Waals surface area (Å²) in [5, 5.41) is 4.30. The molecule has 8 nitrogen and oxygen atoms in total. The Morgan fingerprint density at radius 1 is 1.15 bits per heavy atom. The topological polar surface area (TPSA) is 115 Å². The first-order valence-corrected chi connectivity index (χ1v) is 11.4. The minimum Gasteiger partial charge on any atom is -0.489 e. The first-order valence-electron chi connectivity index (χ1n) is 11.4. The Morgan fingerprint density at radius 3 is 2.58 bits per heavy atom. The van der Waals surface area contributed by atoms with Crippen LogP contribution in [0.4, 0.5) is 14.7 Å². The van der Waals surface area contributed by atoms with Crippen molar-refractivity contribution in [3.8, 4) is 5.75 Å². The highest BCUT2D eigenvalue weighted by molar-refractivity contribution is 5.64. The Balaban J connectivity index is 1.55. The van der Waals surface area contributed by atoms with E-state index in [1.54, 1.807) is 7.05 Å². The van der Waals surface area contributed by atoms with Gasteiger partial charge in [0.1, 0.15) is 11.4 Å². The molecule has 0 amide bonds. The number of anilines is 1. The molecule has 0 spiro atoms.